The molecule has 2 aliphatic heterocycles. The van der Waals surface area contributed by atoms with E-state index < -0.39 is 12.1 Å². The Kier molecular flexibility index (Phi) is 4.68. The Hall–Kier alpha value is -3.31. The average molecular weight is 419 g/mol. The van der Waals surface area contributed by atoms with Crippen LogP contribution in [-0.2, 0) is 9.53 Å². The van der Waals surface area contributed by atoms with Gasteiger partial charge in [-0.1, -0.05) is 72.3 Å². The zero-order valence-corrected chi connectivity index (χ0v) is 16.8. The summed E-state index contributed by atoms with van der Waals surface area (Å²) in [5, 5.41) is 0.604. The third-order valence-electron chi connectivity index (χ3n) is 5.71. The fraction of sp³-hybridized carbons (Fsp3) is 0.167. The molecule has 0 aliphatic carbocycles. The van der Waals surface area contributed by atoms with Gasteiger partial charge in [0.2, 0.25) is 0 Å². The van der Waals surface area contributed by atoms with E-state index in [0.29, 0.717) is 5.02 Å². The summed E-state index contributed by atoms with van der Waals surface area (Å²) in [5.74, 6) is -0.133. The van der Waals surface area contributed by atoms with Gasteiger partial charge in [-0.15, -0.1) is 0 Å². The molecule has 150 valence electrons. The Morgan fingerprint density at radius 1 is 0.767 bits per heavy atom. The van der Waals surface area contributed by atoms with E-state index in [1.165, 1.54) is 0 Å². The van der Waals surface area contributed by atoms with Crippen molar-refractivity contribution in [3.8, 4) is 0 Å². The van der Waals surface area contributed by atoms with E-state index in [9.17, 15) is 9.59 Å². The topological polar surface area (TPSA) is 49.9 Å². The van der Waals surface area contributed by atoms with E-state index in [1.807, 2.05) is 72.8 Å². The number of benzene rings is 3. The zero-order chi connectivity index (χ0) is 20.7. The second-order valence-corrected chi connectivity index (χ2v) is 7.83. The number of halogens is 1. The minimum atomic E-state index is -0.636. The summed E-state index contributed by atoms with van der Waals surface area (Å²) < 4.78 is 5.38. The molecule has 3 aromatic carbocycles. The maximum absolute atomic E-state index is 13.4. The Morgan fingerprint density at radius 3 is 2.00 bits per heavy atom. The maximum atomic E-state index is 13.4. The van der Waals surface area contributed by atoms with Crippen LogP contribution in [0.5, 0.6) is 0 Å². The van der Waals surface area contributed by atoms with E-state index in [-0.39, 0.29) is 24.6 Å². The minimum Gasteiger partial charge on any atom is -0.447 e. The molecule has 2 aliphatic rings. The van der Waals surface area contributed by atoms with Crippen molar-refractivity contribution in [3.05, 3.63) is 101 Å². The molecular weight excluding hydrogens is 400 g/mol. The molecule has 0 radical (unpaired) electrons. The smallest absolute Gasteiger partial charge is 0.411 e. The third-order valence-corrected chi connectivity index (χ3v) is 5.96. The molecule has 2 amide bonds. The lowest BCUT2D eigenvalue weighted by Crippen LogP contribution is -2.66. The molecule has 0 N–H and O–H groups in total. The van der Waals surface area contributed by atoms with Gasteiger partial charge in [0.25, 0.3) is 5.91 Å². The van der Waals surface area contributed by atoms with Gasteiger partial charge in [-0.2, -0.15) is 0 Å². The molecule has 5 rings (SSSR count). The predicted molar refractivity (Wildman–Crippen MR) is 114 cm³/mol. The molecule has 3 aromatic rings. The average Bonchev–Trinajstić information content (AvgIpc) is 3.15. The van der Waals surface area contributed by atoms with Gasteiger partial charge >= 0.3 is 6.09 Å². The second-order valence-electron chi connectivity index (χ2n) is 7.40. The van der Waals surface area contributed by atoms with Crippen LogP contribution in [-0.4, -0.2) is 29.5 Å². The lowest BCUT2D eigenvalue weighted by Gasteiger charge is -2.51. The van der Waals surface area contributed by atoms with Gasteiger partial charge in [-0.25, -0.2) is 4.79 Å². The molecule has 0 spiro atoms. The van der Waals surface area contributed by atoms with Gasteiger partial charge in [-0.3, -0.25) is 9.69 Å². The predicted octanol–water partition coefficient (Wildman–Crippen LogP) is 4.99. The SMILES string of the molecule is O=C1[C@H](N2C(=O)OC[C@H]2c2ccccc2)[C@H](c2ccccc2)N1c1ccc(Cl)cc1. The summed E-state index contributed by atoms with van der Waals surface area (Å²) in [6, 6.07) is 25.4. The Labute approximate surface area is 179 Å². The zero-order valence-electron chi connectivity index (χ0n) is 16.0. The van der Waals surface area contributed by atoms with Gasteiger partial charge in [-0.05, 0) is 35.4 Å². The molecule has 2 saturated heterocycles. The van der Waals surface area contributed by atoms with Crippen molar-refractivity contribution in [1.29, 1.82) is 0 Å². The first kappa shape index (κ1) is 18.7. The highest BCUT2D eigenvalue weighted by Crippen LogP contribution is 2.46. The molecule has 3 atom stereocenters. The first-order valence-corrected chi connectivity index (χ1v) is 10.2. The number of carbonyl (C=O) groups is 2. The number of hydrogen-bond donors (Lipinski definition) is 0. The number of nitrogens with zero attached hydrogens (tertiary/aromatic N) is 2. The monoisotopic (exact) mass is 418 g/mol. The number of β-lactam (4-membered cyclic amide) rings is 1. The summed E-state index contributed by atoms with van der Waals surface area (Å²) in [7, 11) is 0. The van der Waals surface area contributed by atoms with Gasteiger partial charge < -0.3 is 9.64 Å². The molecule has 0 aromatic heterocycles. The Bertz CT molecular complexity index is 1070. The van der Waals surface area contributed by atoms with E-state index in [1.54, 1.807) is 21.9 Å². The van der Waals surface area contributed by atoms with Crippen molar-refractivity contribution in [2.75, 3.05) is 11.5 Å². The normalized spacial score (nSPS) is 23.3. The van der Waals surface area contributed by atoms with Crippen molar-refractivity contribution in [2.45, 2.75) is 18.1 Å². The van der Waals surface area contributed by atoms with Crippen molar-refractivity contribution in [3.63, 3.8) is 0 Å². The molecule has 5 nitrogen and oxygen atoms in total. The van der Waals surface area contributed by atoms with Gasteiger partial charge in [0, 0.05) is 10.7 Å². The fourth-order valence-corrected chi connectivity index (χ4v) is 4.41. The first-order valence-electron chi connectivity index (χ1n) is 9.79. The van der Waals surface area contributed by atoms with Crippen molar-refractivity contribution < 1.29 is 14.3 Å². The molecule has 0 unspecified atom stereocenters. The summed E-state index contributed by atoms with van der Waals surface area (Å²) >= 11 is 6.03. The van der Waals surface area contributed by atoms with Crippen molar-refractivity contribution >= 4 is 29.3 Å². The Morgan fingerprint density at radius 2 is 1.37 bits per heavy atom. The summed E-state index contributed by atoms with van der Waals surface area (Å²) in [6.45, 7) is 0.231. The molecule has 6 heteroatoms. The lowest BCUT2D eigenvalue weighted by molar-refractivity contribution is -0.131. The van der Waals surface area contributed by atoms with E-state index >= 15 is 0 Å². The number of cyclic esters (lactones) is 1. The largest absolute Gasteiger partial charge is 0.447 e. The van der Waals surface area contributed by atoms with Gasteiger partial charge in [0.15, 0.2) is 0 Å². The van der Waals surface area contributed by atoms with E-state index in [2.05, 4.69) is 0 Å². The molecular formula is C24H19ClN2O3. The van der Waals surface area contributed by atoms with Crippen LogP contribution in [0.3, 0.4) is 0 Å². The maximum Gasteiger partial charge on any atom is 0.411 e. The summed E-state index contributed by atoms with van der Waals surface area (Å²) in [6.07, 6.45) is -0.459. The number of hydrogen-bond acceptors (Lipinski definition) is 3. The number of ether oxygens (including phenoxy) is 1. The van der Waals surface area contributed by atoms with Crippen LogP contribution in [0, 0.1) is 0 Å². The highest BCUT2D eigenvalue weighted by molar-refractivity contribution is 6.30. The quantitative estimate of drug-likeness (QED) is 0.561. The number of rotatable bonds is 4. The van der Waals surface area contributed by atoms with Crippen molar-refractivity contribution in [1.82, 2.24) is 4.90 Å². The van der Waals surface area contributed by atoms with Crippen LogP contribution in [0.4, 0.5) is 10.5 Å². The van der Waals surface area contributed by atoms with Crippen LogP contribution in [0.15, 0.2) is 84.9 Å². The highest BCUT2D eigenvalue weighted by Gasteiger charge is 2.57. The molecule has 0 bridgehead atoms. The van der Waals surface area contributed by atoms with Crippen LogP contribution in [0.2, 0.25) is 5.02 Å². The number of anilines is 1. The van der Waals surface area contributed by atoms with Gasteiger partial charge in [0.1, 0.15) is 12.6 Å². The first-order chi connectivity index (χ1) is 14.6. The van der Waals surface area contributed by atoms with Crippen LogP contribution in [0.1, 0.15) is 23.2 Å². The molecule has 0 saturated carbocycles. The summed E-state index contributed by atoms with van der Waals surface area (Å²) in [4.78, 5) is 29.4. The second kappa shape index (κ2) is 7.50. The fourth-order valence-electron chi connectivity index (χ4n) is 4.29. The van der Waals surface area contributed by atoms with Crippen LogP contribution >= 0.6 is 11.6 Å². The van der Waals surface area contributed by atoms with Crippen molar-refractivity contribution in [2.24, 2.45) is 0 Å². The number of amides is 2. The minimum absolute atomic E-state index is 0.133. The molecule has 2 fully saturated rings. The standard InChI is InChI=1S/C24H19ClN2O3/c25-18-11-13-19(14-12-18)26-21(17-9-5-2-6-10-17)22(23(26)28)27-20(15-30-24(27)29)16-7-3-1-4-8-16/h1-14,20-22H,15H2/t20-,21-,22+/m0/s1. The lowest BCUT2D eigenvalue weighted by atomic mass is 9.85. The van der Waals surface area contributed by atoms with E-state index in [4.69, 9.17) is 16.3 Å². The molecule has 2 heterocycles. The Balaban J connectivity index is 1.55. The van der Waals surface area contributed by atoms with E-state index in [0.717, 1.165) is 16.8 Å². The summed E-state index contributed by atoms with van der Waals surface area (Å²) in [5.41, 5.74) is 2.66. The number of carbonyl (C=O) groups excluding carboxylic acids is 2. The van der Waals surface area contributed by atoms with Gasteiger partial charge in [0.05, 0.1) is 12.1 Å². The highest BCUT2D eigenvalue weighted by atomic mass is 35.5. The van der Waals surface area contributed by atoms with Crippen LogP contribution in [0.25, 0.3) is 0 Å². The molecule has 30 heavy (non-hydrogen) atoms. The van der Waals surface area contributed by atoms with Crippen LogP contribution < -0.4 is 4.90 Å². The third kappa shape index (κ3) is 3.02.